The highest BCUT2D eigenvalue weighted by molar-refractivity contribution is 5.84. The first-order valence-electron chi connectivity index (χ1n) is 7.95. The summed E-state index contributed by atoms with van der Waals surface area (Å²) in [6.07, 6.45) is 1.89. The molecular formula is C15H27N3O4. The van der Waals surface area contributed by atoms with E-state index in [1.54, 1.807) is 16.7 Å². The van der Waals surface area contributed by atoms with Crippen LogP contribution in [0.2, 0.25) is 0 Å². The Morgan fingerprint density at radius 3 is 2.36 bits per heavy atom. The van der Waals surface area contributed by atoms with E-state index in [4.69, 9.17) is 4.74 Å². The summed E-state index contributed by atoms with van der Waals surface area (Å²) in [5.41, 5.74) is 0. The van der Waals surface area contributed by atoms with E-state index in [1.807, 2.05) is 6.92 Å². The lowest BCUT2D eigenvalue weighted by atomic mass is 10.0. The molecule has 22 heavy (non-hydrogen) atoms. The van der Waals surface area contributed by atoms with Crippen molar-refractivity contribution in [2.75, 3.05) is 32.8 Å². The second-order valence-electron chi connectivity index (χ2n) is 5.41. The van der Waals surface area contributed by atoms with Gasteiger partial charge in [-0.15, -0.1) is 0 Å². The van der Waals surface area contributed by atoms with Crippen molar-refractivity contribution in [2.45, 2.75) is 46.1 Å². The number of hydrogen-bond acceptors (Lipinski definition) is 4. The number of ether oxygens (including phenoxy) is 1. The summed E-state index contributed by atoms with van der Waals surface area (Å²) in [5, 5.41) is 2.78. The van der Waals surface area contributed by atoms with Gasteiger partial charge in [-0.3, -0.25) is 9.59 Å². The third-order valence-electron chi connectivity index (χ3n) is 3.72. The Bertz CT molecular complexity index is 392. The molecule has 3 amide bonds. The lowest BCUT2D eigenvalue weighted by Gasteiger charge is -2.37. The van der Waals surface area contributed by atoms with Crippen LogP contribution in [0.3, 0.4) is 0 Å². The van der Waals surface area contributed by atoms with Crippen molar-refractivity contribution in [1.82, 2.24) is 15.1 Å². The third kappa shape index (κ3) is 5.54. The highest BCUT2D eigenvalue weighted by Crippen LogP contribution is 2.17. The average Bonchev–Trinajstić information content (AvgIpc) is 2.50. The minimum Gasteiger partial charge on any atom is -0.450 e. The fourth-order valence-corrected chi connectivity index (χ4v) is 2.55. The van der Waals surface area contributed by atoms with Crippen LogP contribution in [0.5, 0.6) is 0 Å². The molecule has 0 radical (unpaired) electrons. The van der Waals surface area contributed by atoms with Gasteiger partial charge in [-0.1, -0.05) is 6.92 Å². The highest BCUT2D eigenvalue weighted by atomic mass is 16.6. The van der Waals surface area contributed by atoms with Gasteiger partial charge in [-0.05, 0) is 26.2 Å². The summed E-state index contributed by atoms with van der Waals surface area (Å²) in [7, 11) is 0. The molecular weight excluding hydrogens is 286 g/mol. The van der Waals surface area contributed by atoms with Crippen LogP contribution in [0.15, 0.2) is 0 Å². The minimum absolute atomic E-state index is 0.00412. The Labute approximate surface area is 132 Å². The van der Waals surface area contributed by atoms with Crippen LogP contribution in [0.25, 0.3) is 0 Å². The number of carbonyl (C=O) groups is 3. The molecule has 0 unspecified atom stereocenters. The maximum atomic E-state index is 11.8. The summed E-state index contributed by atoms with van der Waals surface area (Å²) in [4.78, 5) is 38.6. The standard InChI is InChI=1S/C15H27N3O4/c1-4-8-16-14(20)11-18(12(3)19)13-6-9-17(10-7-13)15(21)22-5-2/h13H,4-11H2,1-3H3,(H,16,20). The van der Waals surface area contributed by atoms with Crippen molar-refractivity contribution < 1.29 is 19.1 Å². The molecule has 0 bridgehead atoms. The Morgan fingerprint density at radius 2 is 1.86 bits per heavy atom. The van der Waals surface area contributed by atoms with Crippen molar-refractivity contribution in [1.29, 1.82) is 0 Å². The monoisotopic (exact) mass is 313 g/mol. The lowest BCUT2D eigenvalue weighted by Crippen LogP contribution is -2.51. The normalized spacial score (nSPS) is 15.3. The van der Waals surface area contributed by atoms with Crippen molar-refractivity contribution in [2.24, 2.45) is 0 Å². The van der Waals surface area contributed by atoms with E-state index in [0.29, 0.717) is 39.1 Å². The summed E-state index contributed by atoms with van der Waals surface area (Å²) in [6.45, 7) is 7.38. The third-order valence-corrected chi connectivity index (χ3v) is 3.72. The number of nitrogens with one attached hydrogen (secondary N) is 1. The molecule has 126 valence electrons. The van der Waals surface area contributed by atoms with E-state index < -0.39 is 0 Å². The van der Waals surface area contributed by atoms with E-state index in [0.717, 1.165) is 6.42 Å². The van der Waals surface area contributed by atoms with E-state index in [9.17, 15) is 14.4 Å². The molecule has 1 aliphatic heterocycles. The molecule has 0 saturated carbocycles. The van der Waals surface area contributed by atoms with Crippen molar-refractivity contribution >= 4 is 17.9 Å². The van der Waals surface area contributed by atoms with Crippen LogP contribution in [0, 0.1) is 0 Å². The van der Waals surface area contributed by atoms with Gasteiger partial charge in [0.15, 0.2) is 0 Å². The summed E-state index contributed by atoms with van der Waals surface area (Å²) in [6, 6.07) is -0.00412. The highest BCUT2D eigenvalue weighted by Gasteiger charge is 2.29. The van der Waals surface area contributed by atoms with Gasteiger partial charge >= 0.3 is 6.09 Å². The molecule has 1 N–H and O–H groups in total. The summed E-state index contributed by atoms with van der Waals surface area (Å²) < 4.78 is 4.98. The minimum atomic E-state index is -0.309. The first kappa shape index (κ1) is 18.3. The van der Waals surface area contributed by atoms with Gasteiger partial charge in [-0.2, -0.15) is 0 Å². The predicted molar refractivity (Wildman–Crippen MR) is 82.3 cm³/mol. The molecule has 7 nitrogen and oxygen atoms in total. The smallest absolute Gasteiger partial charge is 0.409 e. The van der Waals surface area contributed by atoms with Gasteiger partial charge < -0.3 is 19.9 Å². The molecule has 1 fully saturated rings. The van der Waals surface area contributed by atoms with Gasteiger partial charge in [-0.25, -0.2) is 4.79 Å². The van der Waals surface area contributed by atoms with Gasteiger partial charge in [0.1, 0.15) is 0 Å². The average molecular weight is 313 g/mol. The zero-order valence-electron chi connectivity index (χ0n) is 13.8. The second-order valence-corrected chi connectivity index (χ2v) is 5.41. The van der Waals surface area contributed by atoms with E-state index in [2.05, 4.69) is 5.32 Å². The first-order valence-corrected chi connectivity index (χ1v) is 7.95. The molecule has 0 aromatic heterocycles. The largest absolute Gasteiger partial charge is 0.450 e. The molecule has 0 aromatic carbocycles. The van der Waals surface area contributed by atoms with Gasteiger partial charge in [0, 0.05) is 32.6 Å². The first-order chi connectivity index (χ1) is 10.5. The maximum absolute atomic E-state index is 11.8. The maximum Gasteiger partial charge on any atom is 0.409 e. The number of piperidine rings is 1. The number of nitrogens with zero attached hydrogens (tertiary/aromatic N) is 2. The zero-order chi connectivity index (χ0) is 16.5. The number of carbonyl (C=O) groups excluding carboxylic acids is 3. The molecule has 0 spiro atoms. The fourth-order valence-electron chi connectivity index (χ4n) is 2.55. The quantitative estimate of drug-likeness (QED) is 0.793. The lowest BCUT2D eigenvalue weighted by molar-refractivity contribution is -0.137. The number of hydrogen-bond donors (Lipinski definition) is 1. The van der Waals surface area contributed by atoms with Crippen LogP contribution < -0.4 is 5.32 Å². The van der Waals surface area contributed by atoms with Crippen molar-refractivity contribution in [3.05, 3.63) is 0 Å². The van der Waals surface area contributed by atoms with Crippen LogP contribution in [-0.4, -0.2) is 66.5 Å². The second kappa shape index (κ2) is 9.27. The van der Waals surface area contributed by atoms with Gasteiger partial charge in [0.25, 0.3) is 0 Å². The molecule has 7 heteroatoms. The Kier molecular flexibility index (Phi) is 7.70. The van der Waals surface area contributed by atoms with Crippen LogP contribution >= 0.6 is 0 Å². The van der Waals surface area contributed by atoms with Crippen LogP contribution in [0.4, 0.5) is 4.79 Å². The van der Waals surface area contributed by atoms with Gasteiger partial charge in [0.05, 0.1) is 13.2 Å². The van der Waals surface area contributed by atoms with Crippen LogP contribution in [-0.2, 0) is 14.3 Å². The number of rotatable bonds is 6. The van der Waals surface area contributed by atoms with E-state index in [1.165, 1.54) is 6.92 Å². The SMILES string of the molecule is CCCNC(=O)CN(C(C)=O)C1CCN(C(=O)OCC)CC1. The molecule has 0 atom stereocenters. The molecule has 0 aromatic rings. The summed E-state index contributed by atoms with van der Waals surface area (Å²) in [5.74, 6) is -0.244. The molecule has 0 aliphatic carbocycles. The fraction of sp³-hybridized carbons (Fsp3) is 0.800. The molecule has 1 aliphatic rings. The van der Waals surface area contributed by atoms with Crippen molar-refractivity contribution in [3.63, 3.8) is 0 Å². The number of likely N-dealkylation sites (tertiary alicyclic amines) is 1. The Morgan fingerprint density at radius 1 is 1.23 bits per heavy atom. The predicted octanol–water partition coefficient (Wildman–Crippen LogP) is 0.982. The Hall–Kier alpha value is -1.79. The molecule has 1 rings (SSSR count). The van der Waals surface area contributed by atoms with Crippen LogP contribution in [0.1, 0.15) is 40.0 Å². The Balaban J connectivity index is 2.51. The van der Waals surface area contributed by atoms with E-state index in [-0.39, 0.29) is 30.5 Å². The summed E-state index contributed by atoms with van der Waals surface area (Å²) >= 11 is 0. The topological polar surface area (TPSA) is 79.0 Å². The molecule has 1 saturated heterocycles. The van der Waals surface area contributed by atoms with Crippen molar-refractivity contribution in [3.8, 4) is 0 Å². The van der Waals surface area contributed by atoms with Gasteiger partial charge in [0.2, 0.25) is 11.8 Å². The number of amides is 3. The van der Waals surface area contributed by atoms with E-state index >= 15 is 0 Å². The molecule has 1 heterocycles. The zero-order valence-corrected chi connectivity index (χ0v) is 13.8.